The van der Waals surface area contributed by atoms with Crippen LogP contribution in [0.5, 0.6) is 0 Å². The first-order valence-corrected chi connectivity index (χ1v) is 9.26. The number of pyridine rings is 1. The number of hydrogen-bond donors (Lipinski definition) is 6. The number of amides is 2. The van der Waals surface area contributed by atoms with Crippen molar-refractivity contribution in [2.75, 3.05) is 10.6 Å². The standard InChI is InChI=1S/C20H19B2N3O6/c1-12(26)24-14-6-8-18(22(30)31)17(11-14)16-10-13(21(28)29)5-7-15(16)20(27)25-19-4-2-3-9-23-19/h2-11,28-31H,1H3,(H,24,26)(H,23,25,27). The van der Waals surface area contributed by atoms with E-state index in [2.05, 4.69) is 15.6 Å². The van der Waals surface area contributed by atoms with Crippen molar-refractivity contribution in [3.8, 4) is 11.1 Å². The second-order valence-electron chi connectivity index (χ2n) is 6.70. The third-order valence-electron chi connectivity index (χ3n) is 4.43. The largest absolute Gasteiger partial charge is 0.489 e. The summed E-state index contributed by atoms with van der Waals surface area (Å²) in [6, 6.07) is 13.5. The first-order chi connectivity index (χ1) is 14.8. The fourth-order valence-corrected chi connectivity index (χ4v) is 3.06. The van der Waals surface area contributed by atoms with E-state index in [1.165, 1.54) is 49.5 Å². The zero-order chi connectivity index (χ0) is 22.5. The Hall–Kier alpha value is -3.50. The number of carbonyl (C=O) groups is 2. The number of nitrogens with one attached hydrogen (secondary N) is 2. The van der Waals surface area contributed by atoms with Crippen molar-refractivity contribution in [2.24, 2.45) is 0 Å². The summed E-state index contributed by atoms with van der Waals surface area (Å²) in [6.45, 7) is 1.32. The summed E-state index contributed by atoms with van der Waals surface area (Å²) >= 11 is 0. The van der Waals surface area contributed by atoms with E-state index in [1.807, 2.05) is 0 Å². The Morgan fingerprint density at radius 2 is 1.65 bits per heavy atom. The van der Waals surface area contributed by atoms with Crippen LogP contribution in [0.2, 0.25) is 0 Å². The summed E-state index contributed by atoms with van der Waals surface area (Å²) in [5, 5.41) is 44.1. The summed E-state index contributed by atoms with van der Waals surface area (Å²) in [7, 11) is -3.69. The number of carbonyl (C=O) groups excluding carboxylic acids is 2. The fraction of sp³-hybridized carbons (Fsp3) is 0.0500. The molecular weight excluding hydrogens is 400 g/mol. The summed E-state index contributed by atoms with van der Waals surface area (Å²) in [5.41, 5.74) is 1.05. The van der Waals surface area contributed by atoms with Crippen molar-refractivity contribution in [2.45, 2.75) is 6.92 Å². The first-order valence-electron chi connectivity index (χ1n) is 9.26. The first kappa shape index (κ1) is 22.2. The van der Waals surface area contributed by atoms with Gasteiger partial charge in [0.1, 0.15) is 5.82 Å². The topological polar surface area (TPSA) is 152 Å². The van der Waals surface area contributed by atoms with Gasteiger partial charge in [-0.05, 0) is 52.4 Å². The monoisotopic (exact) mass is 419 g/mol. The number of rotatable bonds is 6. The SMILES string of the molecule is CC(=O)Nc1ccc(B(O)O)c(-c2cc(B(O)O)ccc2C(=O)Nc2ccccn2)c1. The Balaban J connectivity index is 2.17. The van der Waals surface area contributed by atoms with Gasteiger partial charge in [0.2, 0.25) is 5.91 Å². The van der Waals surface area contributed by atoms with Crippen LogP contribution >= 0.6 is 0 Å². The highest BCUT2D eigenvalue weighted by atomic mass is 16.4. The molecule has 0 atom stereocenters. The van der Waals surface area contributed by atoms with Crippen LogP contribution in [0.25, 0.3) is 11.1 Å². The minimum absolute atomic E-state index is 0.0607. The maximum absolute atomic E-state index is 13.0. The smallest absolute Gasteiger partial charge is 0.423 e. The van der Waals surface area contributed by atoms with Gasteiger partial charge in [-0.3, -0.25) is 9.59 Å². The van der Waals surface area contributed by atoms with Gasteiger partial charge in [-0.25, -0.2) is 4.98 Å². The molecule has 3 rings (SSSR count). The summed E-state index contributed by atoms with van der Waals surface area (Å²) in [5.74, 6) is -0.578. The molecule has 156 valence electrons. The Bertz CT molecular complexity index is 1110. The second kappa shape index (κ2) is 9.54. The molecule has 0 aliphatic heterocycles. The van der Waals surface area contributed by atoms with Crippen molar-refractivity contribution in [1.82, 2.24) is 4.98 Å². The van der Waals surface area contributed by atoms with Crippen molar-refractivity contribution >= 4 is 48.5 Å². The predicted molar refractivity (Wildman–Crippen MR) is 118 cm³/mol. The van der Waals surface area contributed by atoms with Gasteiger partial charge in [0.15, 0.2) is 0 Å². The van der Waals surface area contributed by atoms with Gasteiger partial charge in [0, 0.05) is 24.4 Å². The van der Waals surface area contributed by atoms with Gasteiger partial charge in [0.25, 0.3) is 5.91 Å². The maximum atomic E-state index is 13.0. The summed E-state index contributed by atoms with van der Waals surface area (Å²) < 4.78 is 0. The summed E-state index contributed by atoms with van der Waals surface area (Å²) in [6.07, 6.45) is 1.51. The predicted octanol–water partition coefficient (Wildman–Crippen LogP) is -0.681. The Labute approximate surface area is 178 Å². The van der Waals surface area contributed by atoms with E-state index in [9.17, 15) is 29.7 Å². The number of anilines is 2. The lowest BCUT2D eigenvalue weighted by atomic mass is 9.72. The number of aromatic nitrogens is 1. The highest BCUT2D eigenvalue weighted by Crippen LogP contribution is 2.26. The zero-order valence-electron chi connectivity index (χ0n) is 16.5. The minimum Gasteiger partial charge on any atom is -0.423 e. The molecule has 1 heterocycles. The van der Waals surface area contributed by atoms with Gasteiger partial charge in [-0.2, -0.15) is 0 Å². The zero-order valence-corrected chi connectivity index (χ0v) is 16.5. The highest BCUT2D eigenvalue weighted by Gasteiger charge is 2.24. The molecule has 1 aromatic heterocycles. The fourth-order valence-electron chi connectivity index (χ4n) is 3.06. The number of nitrogens with zero attached hydrogens (tertiary/aromatic N) is 1. The van der Waals surface area contributed by atoms with Crippen LogP contribution in [-0.2, 0) is 4.79 Å². The average Bonchev–Trinajstić information content (AvgIpc) is 2.73. The molecule has 0 saturated carbocycles. The van der Waals surface area contributed by atoms with Crippen LogP contribution < -0.4 is 21.6 Å². The molecule has 0 saturated heterocycles. The van der Waals surface area contributed by atoms with Gasteiger partial charge >= 0.3 is 14.2 Å². The van der Waals surface area contributed by atoms with E-state index in [4.69, 9.17) is 0 Å². The molecule has 0 aliphatic rings. The van der Waals surface area contributed by atoms with Crippen molar-refractivity contribution < 1.29 is 29.7 Å². The van der Waals surface area contributed by atoms with E-state index in [0.717, 1.165) is 0 Å². The van der Waals surface area contributed by atoms with Crippen molar-refractivity contribution in [3.05, 3.63) is 66.4 Å². The number of hydrogen-bond acceptors (Lipinski definition) is 7. The molecule has 0 radical (unpaired) electrons. The molecule has 31 heavy (non-hydrogen) atoms. The molecule has 9 nitrogen and oxygen atoms in total. The molecule has 0 aliphatic carbocycles. The van der Waals surface area contributed by atoms with Gasteiger partial charge in [-0.15, -0.1) is 0 Å². The Kier molecular flexibility index (Phi) is 6.83. The summed E-state index contributed by atoms with van der Waals surface area (Å²) in [4.78, 5) is 28.5. The highest BCUT2D eigenvalue weighted by molar-refractivity contribution is 6.61. The molecule has 6 N–H and O–H groups in total. The van der Waals surface area contributed by atoms with Gasteiger partial charge in [0.05, 0.1) is 0 Å². The van der Waals surface area contributed by atoms with Crippen LogP contribution in [-0.4, -0.2) is 51.1 Å². The molecule has 0 bridgehead atoms. The van der Waals surface area contributed by atoms with Gasteiger partial charge < -0.3 is 30.7 Å². The molecule has 0 spiro atoms. The van der Waals surface area contributed by atoms with Crippen LogP contribution in [0.1, 0.15) is 17.3 Å². The molecule has 2 amide bonds. The van der Waals surface area contributed by atoms with E-state index in [0.29, 0.717) is 11.5 Å². The second-order valence-corrected chi connectivity index (χ2v) is 6.70. The average molecular weight is 419 g/mol. The van der Waals surface area contributed by atoms with Crippen LogP contribution in [0.15, 0.2) is 60.8 Å². The molecule has 2 aromatic carbocycles. The van der Waals surface area contributed by atoms with Crippen LogP contribution in [0.3, 0.4) is 0 Å². The maximum Gasteiger partial charge on any atom is 0.489 e. The lowest BCUT2D eigenvalue weighted by Gasteiger charge is -2.17. The third kappa shape index (κ3) is 5.36. The van der Waals surface area contributed by atoms with Crippen molar-refractivity contribution in [1.29, 1.82) is 0 Å². The van der Waals surface area contributed by atoms with Gasteiger partial charge in [-0.1, -0.05) is 24.3 Å². The Morgan fingerprint density at radius 1 is 0.871 bits per heavy atom. The van der Waals surface area contributed by atoms with E-state index in [1.54, 1.807) is 18.2 Å². The van der Waals surface area contributed by atoms with Crippen molar-refractivity contribution in [3.63, 3.8) is 0 Å². The lowest BCUT2D eigenvalue weighted by molar-refractivity contribution is -0.114. The normalized spacial score (nSPS) is 10.4. The third-order valence-corrected chi connectivity index (χ3v) is 4.43. The molecule has 0 unspecified atom stereocenters. The lowest BCUT2D eigenvalue weighted by Crippen LogP contribution is -2.34. The molecule has 3 aromatic rings. The molecule has 0 fully saturated rings. The van der Waals surface area contributed by atoms with Crippen LogP contribution in [0, 0.1) is 0 Å². The number of benzene rings is 2. The minimum atomic E-state index is -1.88. The van der Waals surface area contributed by atoms with E-state index in [-0.39, 0.29) is 33.5 Å². The quantitative estimate of drug-likeness (QED) is 0.290. The Morgan fingerprint density at radius 3 is 2.26 bits per heavy atom. The van der Waals surface area contributed by atoms with E-state index < -0.39 is 20.1 Å². The molecule has 11 heteroatoms. The molecular formula is C20H19B2N3O6. The van der Waals surface area contributed by atoms with E-state index >= 15 is 0 Å². The van der Waals surface area contributed by atoms with Crippen LogP contribution in [0.4, 0.5) is 11.5 Å².